The number of carbonyl (C=O) groups excluding carboxylic acids is 2. The van der Waals surface area contributed by atoms with Gasteiger partial charge >= 0.3 is 12.3 Å². The predicted molar refractivity (Wildman–Crippen MR) is 61.6 cm³/mol. The molecule has 2 heterocycles. The average Bonchev–Trinajstić information content (AvgIpc) is 2.40. The first-order valence-electron chi connectivity index (χ1n) is 5.17. The Morgan fingerprint density at radius 2 is 1.26 bits per heavy atom. The summed E-state index contributed by atoms with van der Waals surface area (Å²) in [6.07, 6.45) is 0.378. The minimum absolute atomic E-state index is 0.0122. The number of aromatic nitrogens is 2. The molecule has 0 amide bonds. The smallest absolute Gasteiger partial charge is 0.376 e. The average molecular weight is 260 g/mol. The lowest BCUT2D eigenvalue weighted by molar-refractivity contribution is 0.0877. The quantitative estimate of drug-likeness (QED) is 0.604. The third-order valence-electron chi connectivity index (χ3n) is 1.82. The molecule has 0 spiro atoms. The normalized spacial score (nSPS) is 9.47. The summed E-state index contributed by atoms with van der Waals surface area (Å²) in [5.41, 5.74) is 0. The van der Waals surface area contributed by atoms with E-state index < -0.39 is 12.3 Å². The predicted octanol–water partition coefficient (Wildman–Crippen LogP) is 2.19. The second kappa shape index (κ2) is 6.10. The van der Waals surface area contributed by atoms with Gasteiger partial charge in [-0.15, -0.1) is 0 Å². The summed E-state index contributed by atoms with van der Waals surface area (Å²) in [7, 11) is 0. The molecular formula is C12H8N2O5. The van der Waals surface area contributed by atoms with Crippen LogP contribution in [0, 0.1) is 0 Å². The van der Waals surface area contributed by atoms with Crippen LogP contribution in [0.5, 0.6) is 11.8 Å². The number of carbonyl (C=O) groups is 2. The van der Waals surface area contributed by atoms with Crippen molar-refractivity contribution in [2.24, 2.45) is 0 Å². The zero-order chi connectivity index (χ0) is 13.5. The van der Waals surface area contributed by atoms with Crippen molar-refractivity contribution < 1.29 is 23.8 Å². The monoisotopic (exact) mass is 260 g/mol. The van der Waals surface area contributed by atoms with E-state index in [0.717, 1.165) is 0 Å². The Morgan fingerprint density at radius 3 is 1.63 bits per heavy atom. The number of hydrogen-bond acceptors (Lipinski definition) is 7. The van der Waals surface area contributed by atoms with Crippen molar-refractivity contribution in [1.82, 2.24) is 9.97 Å². The molecule has 0 radical (unpaired) electrons. The minimum atomic E-state index is -1.24. The van der Waals surface area contributed by atoms with Gasteiger partial charge in [0.1, 0.15) is 0 Å². The van der Waals surface area contributed by atoms with Gasteiger partial charge in [0.15, 0.2) is 0 Å². The molecular weight excluding hydrogens is 252 g/mol. The van der Waals surface area contributed by atoms with Gasteiger partial charge in [0.25, 0.3) is 0 Å². The fraction of sp³-hybridized carbons (Fsp3) is 0. The maximum atomic E-state index is 11.2. The van der Waals surface area contributed by atoms with Crippen molar-refractivity contribution in [3.05, 3.63) is 48.8 Å². The van der Waals surface area contributed by atoms with Gasteiger partial charge in [-0.3, -0.25) is 0 Å². The van der Waals surface area contributed by atoms with Crippen molar-refractivity contribution in [2.75, 3.05) is 0 Å². The number of nitrogens with zero attached hydrogens (tertiary/aromatic N) is 2. The van der Waals surface area contributed by atoms with E-state index in [9.17, 15) is 9.59 Å². The summed E-state index contributed by atoms with van der Waals surface area (Å²) in [6.45, 7) is 0. The highest BCUT2D eigenvalue weighted by molar-refractivity contribution is 5.79. The molecule has 0 N–H and O–H groups in total. The van der Waals surface area contributed by atoms with Gasteiger partial charge in [-0.25, -0.2) is 19.6 Å². The Labute approximate surface area is 107 Å². The van der Waals surface area contributed by atoms with E-state index in [2.05, 4.69) is 24.2 Å². The lowest BCUT2D eigenvalue weighted by Gasteiger charge is -2.03. The number of rotatable bonds is 2. The van der Waals surface area contributed by atoms with Crippen LogP contribution in [0.3, 0.4) is 0 Å². The molecule has 7 heteroatoms. The molecule has 0 unspecified atom stereocenters. The van der Waals surface area contributed by atoms with Gasteiger partial charge in [-0.05, 0) is 12.1 Å². The van der Waals surface area contributed by atoms with Crippen molar-refractivity contribution in [3.8, 4) is 11.8 Å². The minimum Gasteiger partial charge on any atom is -0.376 e. The second-order valence-electron chi connectivity index (χ2n) is 3.14. The Kier molecular flexibility index (Phi) is 4.01. The molecule has 2 rings (SSSR count). The summed E-state index contributed by atoms with van der Waals surface area (Å²) in [4.78, 5) is 29.9. The van der Waals surface area contributed by atoms with Gasteiger partial charge in [0, 0.05) is 24.5 Å². The molecule has 0 saturated carbocycles. The summed E-state index contributed by atoms with van der Waals surface area (Å²) in [5, 5.41) is 0. The lowest BCUT2D eigenvalue weighted by Crippen LogP contribution is -2.19. The molecule has 2 aromatic rings. The van der Waals surface area contributed by atoms with Gasteiger partial charge < -0.3 is 14.2 Å². The molecule has 0 aliphatic heterocycles. The van der Waals surface area contributed by atoms with Gasteiger partial charge in [-0.2, -0.15) is 0 Å². The first-order chi connectivity index (χ1) is 9.24. The summed E-state index contributed by atoms with van der Waals surface area (Å²) in [5.74, 6) is 0.0243. The third kappa shape index (κ3) is 4.08. The Morgan fingerprint density at radius 1 is 0.789 bits per heavy atom. The molecule has 2 aromatic heterocycles. The van der Waals surface area contributed by atoms with Gasteiger partial charge in [-0.1, -0.05) is 12.1 Å². The highest BCUT2D eigenvalue weighted by Gasteiger charge is 2.15. The second-order valence-corrected chi connectivity index (χ2v) is 3.14. The summed E-state index contributed by atoms with van der Waals surface area (Å²) in [6, 6.07) is 9.39. The maximum Gasteiger partial charge on any atom is 0.525 e. The molecule has 7 nitrogen and oxygen atoms in total. The van der Waals surface area contributed by atoms with Crippen LogP contribution in [-0.4, -0.2) is 22.3 Å². The van der Waals surface area contributed by atoms with E-state index in [-0.39, 0.29) is 11.8 Å². The van der Waals surface area contributed by atoms with E-state index in [1.165, 1.54) is 24.5 Å². The topological polar surface area (TPSA) is 87.6 Å². The van der Waals surface area contributed by atoms with Crippen LogP contribution in [0.2, 0.25) is 0 Å². The Balaban J connectivity index is 1.84. The molecule has 96 valence electrons. The third-order valence-corrected chi connectivity index (χ3v) is 1.82. The summed E-state index contributed by atoms with van der Waals surface area (Å²) < 4.78 is 13.5. The maximum absolute atomic E-state index is 11.2. The summed E-state index contributed by atoms with van der Waals surface area (Å²) >= 11 is 0. The molecule has 0 fully saturated rings. The fourth-order valence-electron chi connectivity index (χ4n) is 1.10. The van der Waals surface area contributed by atoms with Crippen LogP contribution in [-0.2, 0) is 4.74 Å². The molecule has 0 aliphatic carbocycles. The van der Waals surface area contributed by atoms with Gasteiger partial charge in [0.2, 0.25) is 11.8 Å². The van der Waals surface area contributed by atoms with Crippen LogP contribution in [0.1, 0.15) is 0 Å². The van der Waals surface area contributed by atoms with Crippen LogP contribution >= 0.6 is 0 Å². The fourth-order valence-corrected chi connectivity index (χ4v) is 1.10. The van der Waals surface area contributed by atoms with Crippen LogP contribution in [0.4, 0.5) is 9.59 Å². The van der Waals surface area contributed by atoms with Crippen LogP contribution in [0.15, 0.2) is 48.8 Å². The number of hydrogen-bond donors (Lipinski definition) is 0. The van der Waals surface area contributed by atoms with E-state index >= 15 is 0 Å². The number of ether oxygens (including phenoxy) is 3. The lowest BCUT2D eigenvalue weighted by atomic mass is 10.5. The van der Waals surface area contributed by atoms with E-state index in [0.29, 0.717) is 0 Å². The zero-order valence-corrected chi connectivity index (χ0v) is 9.55. The van der Waals surface area contributed by atoms with Crippen molar-refractivity contribution in [2.45, 2.75) is 0 Å². The van der Waals surface area contributed by atoms with E-state index in [4.69, 9.17) is 0 Å². The molecule has 0 saturated heterocycles. The Hall–Kier alpha value is -2.96. The molecule has 19 heavy (non-hydrogen) atoms. The van der Waals surface area contributed by atoms with E-state index in [1.807, 2.05) is 0 Å². The van der Waals surface area contributed by atoms with Crippen molar-refractivity contribution in [3.63, 3.8) is 0 Å². The highest BCUT2D eigenvalue weighted by Crippen LogP contribution is 2.07. The van der Waals surface area contributed by atoms with Crippen molar-refractivity contribution in [1.29, 1.82) is 0 Å². The Bertz CT molecular complexity index is 507. The van der Waals surface area contributed by atoms with Gasteiger partial charge in [0.05, 0.1) is 0 Å². The highest BCUT2D eigenvalue weighted by atomic mass is 16.8. The van der Waals surface area contributed by atoms with Crippen molar-refractivity contribution >= 4 is 12.3 Å². The number of pyridine rings is 2. The molecule has 0 aliphatic rings. The van der Waals surface area contributed by atoms with Crippen LogP contribution < -0.4 is 9.47 Å². The first kappa shape index (κ1) is 12.5. The largest absolute Gasteiger partial charge is 0.525 e. The van der Waals surface area contributed by atoms with Crippen LogP contribution in [0.25, 0.3) is 0 Å². The first-order valence-corrected chi connectivity index (χ1v) is 5.17. The van der Waals surface area contributed by atoms with E-state index in [1.54, 1.807) is 24.3 Å². The SMILES string of the molecule is O=C(OC(=O)Oc1ccccn1)Oc1ccccn1. The molecule has 0 bridgehead atoms. The molecule has 0 aromatic carbocycles. The standard InChI is InChI=1S/C12H8N2O5/c15-11(17-9-5-1-3-7-13-9)19-12(16)18-10-6-2-4-8-14-10/h1-8H. The molecule has 0 atom stereocenters. The zero-order valence-electron chi connectivity index (χ0n) is 9.55.